The normalized spacial score (nSPS) is 24.9. The summed E-state index contributed by atoms with van der Waals surface area (Å²) in [5.41, 5.74) is 0. The van der Waals surface area contributed by atoms with Gasteiger partial charge in [0.25, 0.3) is 0 Å². The molecule has 1 heterocycles. The van der Waals surface area contributed by atoms with Crippen LogP contribution in [0.1, 0.15) is 19.8 Å². The number of carboxylic acids is 1. The molecular weight excluding hydrogens is 202 g/mol. The fourth-order valence-corrected chi connectivity index (χ4v) is 1.42. The Labute approximate surface area is 87.5 Å². The average molecular weight is 217 g/mol. The van der Waals surface area contributed by atoms with Crippen molar-refractivity contribution in [2.75, 3.05) is 13.2 Å². The van der Waals surface area contributed by atoms with Gasteiger partial charge in [0.1, 0.15) is 0 Å². The zero-order valence-electron chi connectivity index (χ0n) is 8.56. The largest absolute Gasteiger partial charge is 0.479 e. The van der Waals surface area contributed by atoms with Crippen LogP contribution < -0.4 is 5.32 Å². The van der Waals surface area contributed by atoms with Crippen LogP contribution in [0.5, 0.6) is 0 Å². The average Bonchev–Trinajstić information content (AvgIpc) is 2.63. The number of ether oxygens (including phenoxy) is 2. The van der Waals surface area contributed by atoms with Gasteiger partial charge < -0.3 is 19.9 Å². The van der Waals surface area contributed by atoms with E-state index in [0.717, 1.165) is 0 Å². The molecule has 1 rings (SSSR count). The maximum Gasteiger partial charge on any atom is 0.407 e. The van der Waals surface area contributed by atoms with Crippen LogP contribution in [0, 0.1) is 0 Å². The summed E-state index contributed by atoms with van der Waals surface area (Å²) >= 11 is 0. The topological polar surface area (TPSA) is 84.9 Å². The van der Waals surface area contributed by atoms with E-state index in [4.69, 9.17) is 9.84 Å². The predicted octanol–water partition coefficient (Wildman–Crippen LogP) is 0.365. The first-order valence-electron chi connectivity index (χ1n) is 4.92. The number of amides is 1. The van der Waals surface area contributed by atoms with Crippen molar-refractivity contribution in [1.29, 1.82) is 0 Å². The molecule has 15 heavy (non-hydrogen) atoms. The Morgan fingerprint density at radius 3 is 2.80 bits per heavy atom. The number of carbonyl (C=O) groups excluding carboxylic acids is 1. The molecule has 0 aromatic heterocycles. The van der Waals surface area contributed by atoms with Crippen molar-refractivity contribution in [1.82, 2.24) is 5.32 Å². The molecule has 86 valence electrons. The lowest BCUT2D eigenvalue weighted by Gasteiger charge is -2.11. The van der Waals surface area contributed by atoms with Gasteiger partial charge in [-0.1, -0.05) is 0 Å². The lowest BCUT2D eigenvalue weighted by Crippen LogP contribution is -2.33. The quantitative estimate of drug-likeness (QED) is 0.710. The number of hydrogen-bond acceptors (Lipinski definition) is 4. The fraction of sp³-hybridized carbons (Fsp3) is 0.778. The second kappa shape index (κ2) is 5.55. The summed E-state index contributed by atoms with van der Waals surface area (Å²) in [4.78, 5) is 21.5. The summed E-state index contributed by atoms with van der Waals surface area (Å²) < 4.78 is 9.84. The smallest absolute Gasteiger partial charge is 0.407 e. The van der Waals surface area contributed by atoms with Gasteiger partial charge >= 0.3 is 12.1 Å². The number of nitrogens with one attached hydrogen (secondary N) is 1. The lowest BCUT2D eigenvalue weighted by molar-refractivity contribution is -0.149. The molecule has 2 atom stereocenters. The van der Waals surface area contributed by atoms with Crippen LogP contribution in [0.3, 0.4) is 0 Å². The molecule has 1 amide bonds. The molecule has 1 saturated heterocycles. The fourth-order valence-electron chi connectivity index (χ4n) is 1.42. The van der Waals surface area contributed by atoms with E-state index in [1.165, 1.54) is 0 Å². The second-order valence-corrected chi connectivity index (χ2v) is 3.26. The summed E-state index contributed by atoms with van der Waals surface area (Å²) in [6.45, 7) is 2.32. The van der Waals surface area contributed by atoms with E-state index in [2.05, 4.69) is 10.1 Å². The van der Waals surface area contributed by atoms with Gasteiger partial charge in [-0.15, -0.1) is 0 Å². The molecule has 1 aliphatic heterocycles. The molecule has 0 aliphatic carbocycles. The Kier molecular flexibility index (Phi) is 4.36. The van der Waals surface area contributed by atoms with Crippen LogP contribution >= 0.6 is 0 Å². The standard InChI is InChI=1S/C9H15NO5/c1-2-14-9(13)10-5-6-3-4-7(15-6)8(11)12/h6-7H,2-5H2,1H3,(H,10,13)(H,11,12). The van der Waals surface area contributed by atoms with Gasteiger partial charge in [0.15, 0.2) is 6.10 Å². The molecule has 6 heteroatoms. The second-order valence-electron chi connectivity index (χ2n) is 3.26. The number of alkyl carbamates (subject to hydrolysis) is 1. The Morgan fingerprint density at radius 1 is 1.53 bits per heavy atom. The van der Waals surface area contributed by atoms with Gasteiger partial charge in [-0.3, -0.25) is 0 Å². The third-order valence-electron chi connectivity index (χ3n) is 2.13. The molecule has 2 N–H and O–H groups in total. The number of aliphatic carboxylic acids is 1. The lowest BCUT2D eigenvalue weighted by atomic mass is 10.2. The van der Waals surface area contributed by atoms with Gasteiger partial charge in [-0.25, -0.2) is 9.59 Å². The van der Waals surface area contributed by atoms with Crippen molar-refractivity contribution in [3.05, 3.63) is 0 Å². The molecule has 2 unspecified atom stereocenters. The number of rotatable bonds is 4. The van der Waals surface area contributed by atoms with Crippen molar-refractivity contribution >= 4 is 12.1 Å². The first-order chi connectivity index (χ1) is 7.13. The molecule has 0 aromatic rings. The number of hydrogen-bond donors (Lipinski definition) is 2. The molecule has 0 aromatic carbocycles. The highest BCUT2D eigenvalue weighted by molar-refractivity contribution is 5.72. The molecule has 6 nitrogen and oxygen atoms in total. The first kappa shape index (κ1) is 11.8. The maximum atomic E-state index is 10.9. The summed E-state index contributed by atoms with van der Waals surface area (Å²) in [5.74, 6) is -0.950. The Bertz CT molecular complexity index is 243. The molecule has 0 saturated carbocycles. The van der Waals surface area contributed by atoms with Gasteiger partial charge in [-0.05, 0) is 19.8 Å². The van der Waals surface area contributed by atoms with E-state index >= 15 is 0 Å². The Hall–Kier alpha value is -1.30. The maximum absolute atomic E-state index is 10.9. The van der Waals surface area contributed by atoms with Crippen LogP contribution in [0.25, 0.3) is 0 Å². The highest BCUT2D eigenvalue weighted by Gasteiger charge is 2.30. The van der Waals surface area contributed by atoms with Crippen LogP contribution in [0.4, 0.5) is 4.79 Å². The van der Waals surface area contributed by atoms with Crippen molar-refractivity contribution in [3.63, 3.8) is 0 Å². The first-order valence-corrected chi connectivity index (χ1v) is 4.92. The van der Waals surface area contributed by atoms with Gasteiger partial charge in [0, 0.05) is 6.54 Å². The van der Waals surface area contributed by atoms with E-state index in [1.54, 1.807) is 6.92 Å². The van der Waals surface area contributed by atoms with Crippen LogP contribution in [-0.4, -0.2) is 42.5 Å². The highest BCUT2D eigenvalue weighted by Crippen LogP contribution is 2.19. The molecular formula is C9H15NO5. The van der Waals surface area contributed by atoms with E-state index in [0.29, 0.717) is 26.0 Å². The van der Waals surface area contributed by atoms with Gasteiger partial charge in [-0.2, -0.15) is 0 Å². The molecule has 0 bridgehead atoms. The zero-order chi connectivity index (χ0) is 11.3. The minimum Gasteiger partial charge on any atom is -0.479 e. The monoisotopic (exact) mass is 217 g/mol. The van der Waals surface area contributed by atoms with Crippen LogP contribution in [0.2, 0.25) is 0 Å². The van der Waals surface area contributed by atoms with Crippen molar-refractivity contribution in [3.8, 4) is 0 Å². The summed E-state index contributed by atoms with van der Waals surface area (Å²) in [7, 11) is 0. The zero-order valence-corrected chi connectivity index (χ0v) is 8.56. The van der Waals surface area contributed by atoms with Crippen LogP contribution in [0.15, 0.2) is 0 Å². The third kappa shape index (κ3) is 3.75. The number of carboxylic acid groups (broad SMARTS) is 1. The minimum atomic E-state index is -0.950. The van der Waals surface area contributed by atoms with E-state index in [-0.39, 0.29) is 6.10 Å². The summed E-state index contributed by atoms with van der Waals surface area (Å²) in [6, 6.07) is 0. The van der Waals surface area contributed by atoms with Crippen molar-refractivity contribution in [2.45, 2.75) is 32.0 Å². The Morgan fingerprint density at radius 2 is 2.27 bits per heavy atom. The molecule has 0 spiro atoms. The van der Waals surface area contributed by atoms with E-state index < -0.39 is 18.2 Å². The molecule has 1 aliphatic rings. The highest BCUT2D eigenvalue weighted by atomic mass is 16.6. The van der Waals surface area contributed by atoms with E-state index in [1.807, 2.05) is 0 Å². The van der Waals surface area contributed by atoms with Crippen LogP contribution in [-0.2, 0) is 14.3 Å². The van der Waals surface area contributed by atoms with Gasteiger partial charge in [0.05, 0.1) is 12.7 Å². The van der Waals surface area contributed by atoms with Crippen molar-refractivity contribution < 1.29 is 24.2 Å². The minimum absolute atomic E-state index is 0.226. The summed E-state index contributed by atoms with van der Waals surface area (Å²) in [6.07, 6.45) is -0.331. The molecule has 0 radical (unpaired) electrons. The van der Waals surface area contributed by atoms with E-state index in [9.17, 15) is 9.59 Å². The number of carbonyl (C=O) groups is 2. The SMILES string of the molecule is CCOC(=O)NCC1CCC(C(=O)O)O1. The third-order valence-corrected chi connectivity index (χ3v) is 2.13. The van der Waals surface area contributed by atoms with Crippen molar-refractivity contribution in [2.24, 2.45) is 0 Å². The predicted molar refractivity (Wildman–Crippen MR) is 50.6 cm³/mol. The summed E-state index contributed by atoms with van der Waals surface area (Å²) in [5, 5.41) is 11.2. The van der Waals surface area contributed by atoms with Gasteiger partial charge in [0.2, 0.25) is 0 Å². The Balaban J connectivity index is 2.19. The molecule has 1 fully saturated rings.